The van der Waals surface area contributed by atoms with E-state index < -0.39 is 16.5 Å². The van der Waals surface area contributed by atoms with Gasteiger partial charge in [0.1, 0.15) is 28.6 Å². The monoisotopic (exact) mass is 334 g/mol. The molecule has 7 heteroatoms. The zero-order valence-electron chi connectivity index (χ0n) is 12.5. The third-order valence-corrected chi connectivity index (χ3v) is 4.46. The van der Waals surface area contributed by atoms with Crippen LogP contribution in [0.3, 0.4) is 0 Å². The lowest BCUT2D eigenvalue weighted by Gasteiger charge is -2.26. The van der Waals surface area contributed by atoms with E-state index in [9.17, 15) is 19.7 Å². The smallest absolute Gasteiger partial charge is 0.293 e. The molecule has 0 bridgehead atoms. The van der Waals surface area contributed by atoms with Crippen molar-refractivity contribution >= 4 is 28.9 Å². The highest BCUT2D eigenvalue weighted by Crippen LogP contribution is 2.40. The second kappa shape index (κ2) is 6.88. The summed E-state index contributed by atoms with van der Waals surface area (Å²) < 4.78 is 0. The zero-order valence-corrected chi connectivity index (χ0v) is 13.3. The summed E-state index contributed by atoms with van der Waals surface area (Å²) in [5, 5.41) is 19.9. The second-order valence-electron chi connectivity index (χ2n) is 5.66. The fourth-order valence-corrected chi connectivity index (χ4v) is 3.38. The van der Waals surface area contributed by atoms with Gasteiger partial charge in [0.25, 0.3) is 5.69 Å². The van der Waals surface area contributed by atoms with Crippen molar-refractivity contribution in [1.29, 1.82) is 5.26 Å². The first-order chi connectivity index (χ1) is 10.9. The summed E-state index contributed by atoms with van der Waals surface area (Å²) in [5.41, 5.74) is -0.586. The van der Waals surface area contributed by atoms with E-state index in [4.69, 9.17) is 16.9 Å². The third-order valence-electron chi connectivity index (χ3n) is 4.08. The van der Waals surface area contributed by atoms with Gasteiger partial charge in [0, 0.05) is 18.4 Å². The van der Waals surface area contributed by atoms with Crippen molar-refractivity contribution in [3.05, 3.63) is 38.4 Å². The Hall–Kier alpha value is -2.26. The Kier molecular flexibility index (Phi) is 5.12. The van der Waals surface area contributed by atoms with Crippen LogP contribution in [0.2, 0.25) is 5.02 Å². The Bertz CT molecular complexity index is 706. The normalized spacial score (nSPS) is 21.1. The maximum absolute atomic E-state index is 12.4. The van der Waals surface area contributed by atoms with E-state index in [0.717, 1.165) is 12.8 Å². The minimum Gasteiger partial charge on any atom is -0.299 e. The van der Waals surface area contributed by atoms with Gasteiger partial charge in [-0.05, 0) is 24.5 Å². The summed E-state index contributed by atoms with van der Waals surface area (Å²) in [7, 11) is 0. The lowest BCUT2D eigenvalue weighted by Crippen LogP contribution is -2.32. The van der Waals surface area contributed by atoms with Crippen LogP contribution in [-0.4, -0.2) is 16.5 Å². The molecule has 1 fully saturated rings. The summed E-state index contributed by atoms with van der Waals surface area (Å²) in [6.07, 6.45) is 2.12. The molecule has 0 radical (unpaired) electrons. The maximum Gasteiger partial charge on any atom is 0.293 e. The van der Waals surface area contributed by atoms with Gasteiger partial charge in [-0.25, -0.2) is 0 Å². The first kappa shape index (κ1) is 17.1. The van der Waals surface area contributed by atoms with Crippen LogP contribution in [0.1, 0.15) is 49.7 Å². The van der Waals surface area contributed by atoms with Gasteiger partial charge in [0.2, 0.25) is 0 Å². The lowest BCUT2D eigenvalue weighted by molar-refractivity contribution is -0.385. The molecule has 1 saturated carbocycles. The molecule has 0 amide bonds. The number of hydrogen-bond acceptors (Lipinski definition) is 5. The molecule has 1 aromatic rings. The molecule has 0 N–H and O–H groups in total. The minimum absolute atomic E-state index is 0.00385. The van der Waals surface area contributed by atoms with E-state index in [1.54, 1.807) is 6.07 Å². The number of benzene rings is 1. The quantitative estimate of drug-likeness (QED) is 0.476. The summed E-state index contributed by atoms with van der Waals surface area (Å²) in [5.74, 6) is -1.79. The average molecular weight is 335 g/mol. The number of hydrogen-bond donors (Lipinski definition) is 0. The molecule has 2 rings (SSSR count). The van der Waals surface area contributed by atoms with E-state index >= 15 is 0 Å². The Morgan fingerprint density at radius 3 is 2.43 bits per heavy atom. The van der Waals surface area contributed by atoms with Crippen molar-refractivity contribution in [3.63, 3.8) is 0 Å². The molecule has 0 saturated heterocycles. The molecule has 1 aromatic carbocycles. The zero-order chi connectivity index (χ0) is 17.1. The van der Waals surface area contributed by atoms with Crippen LogP contribution in [-0.2, 0) is 9.59 Å². The number of rotatable bonds is 4. The molecule has 0 aliphatic heterocycles. The van der Waals surface area contributed by atoms with Crippen LogP contribution in [0.25, 0.3) is 0 Å². The SMILES string of the molecule is CCCC1CC(=O)C(c2ccc(C#N)c(Cl)c2[N+](=O)[O-])C(=O)C1. The van der Waals surface area contributed by atoms with Crippen LogP contribution < -0.4 is 0 Å². The van der Waals surface area contributed by atoms with E-state index in [0.29, 0.717) is 0 Å². The number of nitriles is 1. The Morgan fingerprint density at radius 1 is 1.35 bits per heavy atom. The highest BCUT2D eigenvalue weighted by Gasteiger charge is 2.40. The lowest BCUT2D eigenvalue weighted by atomic mass is 9.75. The number of nitrogens with zero attached hydrogens (tertiary/aromatic N) is 2. The predicted molar refractivity (Wildman–Crippen MR) is 83.2 cm³/mol. The number of carbonyl (C=O) groups is 2. The van der Waals surface area contributed by atoms with Crippen molar-refractivity contribution < 1.29 is 14.5 Å². The van der Waals surface area contributed by atoms with Crippen molar-refractivity contribution in [1.82, 2.24) is 0 Å². The van der Waals surface area contributed by atoms with E-state index in [1.165, 1.54) is 12.1 Å². The van der Waals surface area contributed by atoms with E-state index in [1.807, 2.05) is 6.92 Å². The summed E-state index contributed by atoms with van der Waals surface area (Å²) >= 11 is 5.92. The molecule has 1 aliphatic carbocycles. The van der Waals surface area contributed by atoms with Crippen molar-refractivity contribution in [3.8, 4) is 6.07 Å². The Morgan fingerprint density at radius 2 is 1.96 bits per heavy atom. The highest BCUT2D eigenvalue weighted by molar-refractivity contribution is 6.34. The molecule has 0 atom stereocenters. The van der Waals surface area contributed by atoms with Crippen LogP contribution in [0.5, 0.6) is 0 Å². The molecule has 0 spiro atoms. The third kappa shape index (κ3) is 3.25. The summed E-state index contributed by atoms with van der Waals surface area (Å²) in [6.45, 7) is 1.98. The van der Waals surface area contributed by atoms with Gasteiger partial charge in [-0.15, -0.1) is 0 Å². The molecular formula is C16H15ClN2O4. The average Bonchev–Trinajstić information content (AvgIpc) is 2.46. The number of nitro groups is 1. The van der Waals surface area contributed by atoms with Crippen molar-refractivity contribution in [2.24, 2.45) is 5.92 Å². The Labute approximate surface area is 138 Å². The topological polar surface area (TPSA) is 101 Å². The molecule has 1 aliphatic rings. The van der Waals surface area contributed by atoms with E-state index in [2.05, 4.69) is 0 Å². The van der Waals surface area contributed by atoms with Crippen molar-refractivity contribution in [2.75, 3.05) is 0 Å². The molecule has 6 nitrogen and oxygen atoms in total. The molecule has 23 heavy (non-hydrogen) atoms. The van der Waals surface area contributed by atoms with E-state index in [-0.39, 0.29) is 46.5 Å². The van der Waals surface area contributed by atoms with Crippen molar-refractivity contribution in [2.45, 2.75) is 38.5 Å². The molecule has 0 heterocycles. The van der Waals surface area contributed by atoms with Crippen LogP contribution in [0.15, 0.2) is 12.1 Å². The molecule has 120 valence electrons. The van der Waals surface area contributed by atoms with Crippen LogP contribution >= 0.6 is 11.6 Å². The van der Waals surface area contributed by atoms with Gasteiger partial charge in [0.05, 0.1) is 10.5 Å². The number of ketones is 2. The minimum atomic E-state index is -1.16. The van der Waals surface area contributed by atoms with Crippen LogP contribution in [0, 0.1) is 27.4 Å². The van der Waals surface area contributed by atoms with Gasteiger partial charge in [-0.2, -0.15) is 5.26 Å². The number of carbonyl (C=O) groups excluding carboxylic acids is 2. The largest absolute Gasteiger partial charge is 0.299 e. The predicted octanol–water partition coefficient (Wildman–Crippen LogP) is 3.55. The summed E-state index contributed by atoms with van der Waals surface area (Å²) in [6, 6.07) is 4.36. The highest BCUT2D eigenvalue weighted by atomic mass is 35.5. The molecule has 0 aromatic heterocycles. The first-order valence-electron chi connectivity index (χ1n) is 7.33. The van der Waals surface area contributed by atoms with Crippen LogP contribution in [0.4, 0.5) is 5.69 Å². The number of halogens is 1. The molecule has 0 unspecified atom stereocenters. The van der Waals surface area contributed by atoms with Gasteiger partial charge >= 0.3 is 0 Å². The summed E-state index contributed by atoms with van der Waals surface area (Å²) in [4.78, 5) is 35.3. The van der Waals surface area contributed by atoms with Gasteiger partial charge in [0.15, 0.2) is 0 Å². The Balaban J connectivity index is 2.48. The standard InChI is InChI=1S/C16H15ClN2O4/c1-2-3-9-6-12(20)14(13(21)7-9)11-5-4-10(8-18)15(17)16(11)19(22)23/h4-5,9,14H,2-3,6-7H2,1H3. The fourth-order valence-electron chi connectivity index (χ4n) is 3.10. The maximum atomic E-state index is 12.4. The van der Waals surface area contributed by atoms with Gasteiger partial charge in [-0.1, -0.05) is 24.9 Å². The fraction of sp³-hybridized carbons (Fsp3) is 0.438. The number of nitro benzene ring substituents is 1. The van der Waals surface area contributed by atoms with Gasteiger partial charge in [-0.3, -0.25) is 19.7 Å². The van der Waals surface area contributed by atoms with Gasteiger partial charge < -0.3 is 0 Å². The second-order valence-corrected chi connectivity index (χ2v) is 6.04. The molecular weight excluding hydrogens is 320 g/mol. The number of Topliss-reactive ketones (excluding diaryl/α,β-unsaturated/α-hetero) is 2. The first-order valence-corrected chi connectivity index (χ1v) is 7.70.